The Bertz CT molecular complexity index is 460. The maximum atomic E-state index is 11.8. The van der Waals surface area contributed by atoms with Gasteiger partial charge in [-0.1, -0.05) is 48.6 Å². The number of hydrogen-bond acceptors (Lipinski definition) is 4. The standard InChI is InChI=1S/C13H16N2OS2/c1-2-10-5-3-4-6-11(10)15-12(16)9-18-13-14-7-8-17-13/h3-6H,2,7-9H2,1H3,(H,15,16). The number of carbonyl (C=O) groups is 1. The minimum absolute atomic E-state index is 0.0381. The van der Waals surface area contributed by atoms with E-state index in [2.05, 4.69) is 17.2 Å². The van der Waals surface area contributed by atoms with Gasteiger partial charge in [0.2, 0.25) is 5.91 Å². The van der Waals surface area contributed by atoms with E-state index in [1.807, 2.05) is 24.3 Å². The molecule has 1 aromatic rings. The van der Waals surface area contributed by atoms with Crippen LogP contribution in [0, 0.1) is 0 Å². The van der Waals surface area contributed by atoms with Gasteiger partial charge in [0.15, 0.2) is 0 Å². The van der Waals surface area contributed by atoms with E-state index >= 15 is 0 Å². The van der Waals surface area contributed by atoms with Gasteiger partial charge in [-0.05, 0) is 18.1 Å². The lowest BCUT2D eigenvalue weighted by Gasteiger charge is -2.09. The molecule has 1 heterocycles. The molecule has 0 unspecified atom stereocenters. The van der Waals surface area contributed by atoms with Gasteiger partial charge in [-0.15, -0.1) is 0 Å². The number of rotatable bonds is 4. The van der Waals surface area contributed by atoms with Crippen LogP contribution in [0.5, 0.6) is 0 Å². The Kier molecular flexibility index (Phi) is 5.13. The third-order valence-corrected chi connectivity index (χ3v) is 4.81. The zero-order valence-corrected chi connectivity index (χ0v) is 11.9. The van der Waals surface area contributed by atoms with Crippen molar-refractivity contribution in [2.75, 3.05) is 23.4 Å². The van der Waals surface area contributed by atoms with E-state index in [0.717, 1.165) is 28.8 Å². The van der Waals surface area contributed by atoms with Gasteiger partial charge in [-0.2, -0.15) is 0 Å². The third kappa shape index (κ3) is 3.78. The van der Waals surface area contributed by atoms with Crippen molar-refractivity contribution in [1.29, 1.82) is 0 Å². The summed E-state index contributed by atoms with van der Waals surface area (Å²) in [5.41, 5.74) is 2.09. The molecule has 0 radical (unpaired) electrons. The first-order chi connectivity index (χ1) is 8.79. The molecule has 96 valence electrons. The molecule has 1 aliphatic heterocycles. The van der Waals surface area contributed by atoms with Crippen molar-refractivity contribution < 1.29 is 4.79 Å². The predicted octanol–water partition coefficient (Wildman–Crippen LogP) is 3.02. The largest absolute Gasteiger partial charge is 0.325 e. The van der Waals surface area contributed by atoms with Crippen LogP contribution < -0.4 is 5.32 Å². The second-order valence-electron chi connectivity index (χ2n) is 3.84. The van der Waals surface area contributed by atoms with Crippen molar-refractivity contribution in [1.82, 2.24) is 0 Å². The van der Waals surface area contributed by atoms with Gasteiger partial charge in [-0.3, -0.25) is 9.79 Å². The lowest BCUT2D eigenvalue weighted by molar-refractivity contribution is -0.113. The van der Waals surface area contributed by atoms with Crippen LogP contribution in [0.3, 0.4) is 0 Å². The molecule has 0 aliphatic carbocycles. The highest BCUT2D eigenvalue weighted by Gasteiger charge is 2.11. The molecule has 5 heteroatoms. The second kappa shape index (κ2) is 6.85. The third-order valence-electron chi connectivity index (χ3n) is 2.56. The highest BCUT2D eigenvalue weighted by molar-refractivity contribution is 8.39. The highest BCUT2D eigenvalue weighted by Crippen LogP contribution is 2.22. The van der Waals surface area contributed by atoms with Crippen LogP contribution in [0.2, 0.25) is 0 Å². The number of nitrogens with one attached hydrogen (secondary N) is 1. The number of carbonyl (C=O) groups excluding carboxylic acids is 1. The Balaban J connectivity index is 1.86. The van der Waals surface area contributed by atoms with Gasteiger partial charge in [0, 0.05) is 11.4 Å². The van der Waals surface area contributed by atoms with Crippen LogP contribution in [-0.4, -0.2) is 28.3 Å². The van der Waals surface area contributed by atoms with Crippen LogP contribution in [0.4, 0.5) is 5.69 Å². The van der Waals surface area contributed by atoms with Crippen molar-refractivity contribution in [2.45, 2.75) is 13.3 Å². The van der Waals surface area contributed by atoms with Gasteiger partial charge in [0.1, 0.15) is 4.38 Å². The fourth-order valence-corrected chi connectivity index (χ4v) is 3.48. The Hall–Kier alpha value is -0.940. The van der Waals surface area contributed by atoms with E-state index in [0.29, 0.717) is 5.75 Å². The molecule has 0 fully saturated rings. The van der Waals surface area contributed by atoms with E-state index in [9.17, 15) is 4.79 Å². The van der Waals surface area contributed by atoms with Crippen LogP contribution in [0.25, 0.3) is 0 Å². The zero-order valence-electron chi connectivity index (χ0n) is 10.3. The van der Waals surface area contributed by atoms with E-state index < -0.39 is 0 Å². The van der Waals surface area contributed by atoms with E-state index in [4.69, 9.17) is 0 Å². The highest BCUT2D eigenvalue weighted by atomic mass is 32.2. The number of benzene rings is 1. The van der Waals surface area contributed by atoms with Crippen molar-refractivity contribution in [3.63, 3.8) is 0 Å². The quantitative estimate of drug-likeness (QED) is 0.921. The summed E-state index contributed by atoms with van der Waals surface area (Å²) in [5.74, 6) is 1.52. The topological polar surface area (TPSA) is 41.5 Å². The summed E-state index contributed by atoms with van der Waals surface area (Å²) in [4.78, 5) is 16.2. The Morgan fingerprint density at radius 3 is 3.06 bits per heavy atom. The number of anilines is 1. The smallest absolute Gasteiger partial charge is 0.234 e. The van der Waals surface area contributed by atoms with E-state index in [1.165, 1.54) is 17.3 Å². The average Bonchev–Trinajstić information content (AvgIpc) is 2.90. The fraction of sp³-hybridized carbons (Fsp3) is 0.385. The number of amides is 1. The summed E-state index contributed by atoms with van der Waals surface area (Å²) in [6, 6.07) is 7.93. The molecule has 0 spiro atoms. The summed E-state index contributed by atoms with van der Waals surface area (Å²) in [6.07, 6.45) is 0.923. The second-order valence-corrected chi connectivity index (χ2v) is 6.15. The maximum absolute atomic E-state index is 11.8. The Morgan fingerprint density at radius 2 is 2.33 bits per heavy atom. The lowest BCUT2D eigenvalue weighted by Crippen LogP contribution is -2.15. The molecule has 0 saturated carbocycles. The number of thioether (sulfide) groups is 2. The number of hydrogen-bond donors (Lipinski definition) is 1. The van der Waals surface area contributed by atoms with Gasteiger partial charge >= 0.3 is 0 Å². The molecule has 1 aromatic carbocycles. The Labute approximate surface area is 116 Å². The zero-order chi connectivity index (χ0) is 12.8. The van der Waals surface area contributed by atoms with Gasteiger partial charge in [0.05, 0.1) is 12.3 Å². The minimum Gasteiger partial charge on any atom is -0.325 e. The van der Waals surface area contributed by atoms with Crippen LogP contribution in [0.1, 0.15) is 12.5 Å². The Morgan fingerprint density at radius 1 is 1.50 bits per heavy atom. The predicted molar refractivity (Wildman–Crippen MR) is 81.7 cm³/mol. The molecular formula is C13H16N2OS2. The number of aliphatic imine (C=N–C) groups is 1. The van der Waals surface area contributed by atoms with Crippen molar-refractivity contribution in [2.24, 2.45) is 4.99 Å². The van der Waals surface area contributed by atoms with Gasteiger partial charge in [-0.25, -0.2) is 0 Å². The number of aryl methyl sites for hydroxylation is 1. The van der Waals surface area contributed by atoms with Crippen LogP contribution in [-0.2, 0) is 11.2 Å². The molecule has 1 aliphatic rings. The molecule has 0 bridgehead atoms. The molecule has 0 saturated heterocycles. The summed E-state index contributed by atoms with van der Waals surface area (Å²) in [7, 11) is 0. The van der Waals surface area contributed by atoms with Gasteiger partial charge in [0.25, 0.3) is 0 Å². The SMILES string of the molecule is CCc1ccccc1NC(=O)CSC1=NCCS1. The summed E-state index contributed by atoms with van der Waals surface area (Å²) in [5, 5.41) is 2.96. The van der Waals surface area contributed by atoms with Crippen molar-refractivity contribution in [3.05, 3.63) is 29.8 Å². The molecule has 18 heavy (non-hydrogen) atoms. The maximum Gasteiger partial charge on any atom is 0.234 e. The monoisotopic (exact) mass is 280 g/mol. The number of nitrogens with zero attached hydrogens (tertiary/aromatic N) is 1. The first kappa shape index (κ1) is 13.5. The molecule has 1 N–H and O–H groups in total. The van der Waals surface area contributed by atoms with Crippen molar-refractivity contribution in [3.8, 4) is 0 Å². The van der Waals surface area contributed by atoms with E-state index in [1.54, 1.807) is 11.8 Å². The average molecular weight is 280 g/mol. The molecule has 0 atom stereocenters. The van der Waals surface area contributed by atoms with Gasteiger partial charge < -0.3 is 5.32 Å². The normalized spacial score (nSPS) is 14.4. The molecule has 2 rings (SSSR count). The summed E-state index contributed by atoms with van der Waals surface area (Å²) < 4.78 is 1.04. The van der Waals surface area contributed by atoms with E-state index in [-0.39, 0.29) is 5.91 Å². The molecule has 1 amide bonds. The van der Waals surface area contributed by atoms with Crippen LogP contribution >= 0.6 is 23.5 Å². The lowest BCUT2D eigenvalue weighted by atomic mass is 10.1. The molecule has 0 aromatic heterocycles. The first-order valence-electron chi connectivity index (χ1n) is 5.97. The minimum atomic E-state index is 0.0381. The molecular weight excluding hydrogens is 264 g/mol. The fourth-order valence-electron chi connectivity index (χ4n) is 1.67. The van der Waals surface area contributed by atoms with Crippen molar-refractivity contribution >= 4 is 39.5 Å². The van der Waals surface area contributed by atoms with Crippen LogP contribution in [0.15, 0.2) is 29.3 Å². The summed E-state index contributed by atoms with van der Waals surface area (Å²) >= 11 is 3.26. The molecule has 3 nitrogen and oxygen atoms in total. The number of para-hydroxylation sites is 1. The summed E-state index contributed by atoms with van der Waals surface area (Å²) in [6.45, 7) is 2.97. The first-order valence-corrected chi connectivity index (χ1v) is 7.94.